The minimum absolute atomic E-state index is 0.0195. The second-order valence-corrected chi connectivity index (χ2v) is 18.2. The van der Waals surface area contributed by atoms with E-state index in [4.69, 9.17) is 14.4 Å². The van der Waals surface area contributed by atoms with Gasteiger partial charge in [-0.1, -0.05) is 18.1 Å². The average molecular weight is 873 g/mol. The Labute approximate surface area is 364 Å². The molecule has 0 unspecified atom stereocenters. The Hall–Kier alpha value is -6.88. The number of ether oxygens (including phenoxy) is 1. The van der Waals surface area contributed by atoms with Crippen molar-refractivity contribution in [3.05, 3.63) is 145 Å². The molecule has 2 N–H and O–H groups in total. The van der Waals surface area contributed by atoms with Gasteiger partial charge in [0.05, 0.1) is 34.3 Å². The number of aryl methyl sites for hydroxylation is 2. The van der Waals surface area contributed by atoms with Crippen molar-refractivity contribution in [2.45, 2.75) is 90.3 Å². The third kappa shape index (κ3) is 6.38. The summed E-state index contributed by atoms with van der Waals surface area (Å²) in [7, 11) is 0. The summed E-state index contributed by atoms with van der Waals surface area (Å²) in [5.74, 6) is -2.95. The highest BCUT2D eigenvalue weighted by Crippen LogP contribution is 2.56. The van der Waals surface area contributed by atoms with Crippen LogP contribution < -0.4 is 11.4 Å². The Kier molecular flexibility index (Phi) is 9.38. The zero-order chi connectivity index (χ0) is 45.1. The first-order valence-electron chi connectivity index (χ1n) is 21.4. The highest BCUT2D eigenvalue weighted by atomic mass is 19.1. The number of aromatic nitrogens is 7. The van der Waals surface area contributed by atoms with Crippen molar-refractivity contribution in [2.75, 3.05) is 13.2 Å². The van der Waals surface area contributed by atoms with Crippen LogP contribution in [0.4, 0.5) is 8.78 Å². The molecule has 15 nitrogen and oxygen atoms in total. The highest BCUT2D eigenvalue weighted by Gasteiger charge is 2.59. The molecule has 64 heavy (non-hydrogen) atoms. The zero-order valence-corrected chi connectivity index (χ0v) is 36.1. The van der Waals surface area contributed by atoms with E-state index >= 15 is 9.18 Å². The molecule has 330 valence electrons. The van der Waals surface area contributed by atoms with Crippen LogP contribution in [0.15, 0.2) is 81.1 Å². The molecule has 0 spiro atoms. The molecule has 17 heteroatoms. The first-order valence-corrected chi connectivity index (χ1v) is 21.4. The fourth-order valence-electron chi connectivity index (χ4n) is 10.3. The van der Waals surface area contributed by atoms with Crippen molar-refractivity contribution in [1.82, 2.24) is 38.5 Å². The smallest absolute Gasteiger partial charge is 0.438 e. The Morgan fingerprint density at radius 2 is 1.67 bits per heavy atom. The molecule has 1 aliphatic carbocycles. The summed E-state index contributed by atoms with van der Waals surface area (Å²) in [5.41, 5.74) is 2.53. The molecule has 3 aliphatic rings. The lowest BCUT2D eigenvalue weighted by Gasteiger charge is -2.35. The van der Waals surface area contributed by atoms with Gasteiger partial charge in [-0.2, -0.15) is 5.10 Å². The molecule has 0 radical (unpaired) electrons. The van der Waals surface area contributed by atoms with Crippen molar-refractivity contribution in [3.63, 3.8) is 0 Å². The fourth-order valence-corrected chi connectivity index (χ4v) is 10.3. The molecule has 4 atom stereocenters. The van der Waals surface area contributed by atoms with Gasteiger partial charge in [0.2, 0.25) is 0 Å². The van der Waals surface area contributed by atoms with E-state index in [9.17, 15) is 23.9 Å². The van der Waals surface area contributed by atoms with Gasteiger partial charge in [-0.3, -0.25) is 23.4 Å². The van der Waals surface area contributed by atoms with E-state index < -0.39 is 40.4 Å². The number of aromatic amines is 1. The Morgan fingerprint density at radius 1 is 0.938 bits per heavy atom. The van der Waals surface area contributed by atoms with Crippen LogP contribution in [-0.2, 0) is 16.7 Å². The van der Waals surface area contributed by atoms with E-state index in [0.717, 1.165) is 41.4 Å². The number of carboxylic acid groups (broad SMARTS) is 1. The summed E-state index contributed by atoms with van der Waals surface area (Å²) in [4.78, 5) is 58.4. The van der Waals surface area contributed by atoms with Crippen molar-refractivity contribution in [1.29, 1.82) is 0 Å². The van der Waals surface area contributed by atoms with Crippen LogP contribution in [0.2, 0.25) is 0 Å². The molecule has 1 saturated heterocycles. The maximum atomic E-state index is 15.5. The van der Waals surface area contributed by atoms with Gasteiger partial charge in [0.15, 0.2) is 5.82 Å². The number of rotatable bonds is 8. The first kappa shape index (κ1) is 41.1. The van der Waals surface area contributed by atoms with Crippen LogP contribution in [0.3, 0.4) is 0 Å². The molecule has 1 saturated carbocycles. The van der Waals surface area contributed by atoms with Crippen LogP contribution in [-0.4, -0.2) is 74.3 Å². The lowest BCUT2D eigenvalue weighted by atomic mass is 9.83. The Bertz CT molecular complexity index is 3180. The number of hydrogen-bond acceptors (Lipinski definition) is 8. The monoisotopic (exact) mass is 872 g/mol. The second kappa shape index (κ2) is 14.6. The van der Waals surface area contributed by atoms with Crippen LogP contribution in [0, 0.1) is 31.4 Å². The Balaban J connectivity index is 1.12. The first-order chi connectivity index (χ1) is 30.5. The summed E-state index contributed by atoms with van der Waals surface area (Å²) in [6.07, 6.45) is 5.55. The summed E-state index contributed by atoms with van der Waals surface area (Å²) in [5, 5.41) is 19.4. The molecular formula is C47H46F2N8O7. The number of amides is 1. The fraction of sp³-hybridized carbons (Fsp3) is 0.362. The van der Waals surface area contributed by atoms with Crippen LogP contribution >= 0.6 is 0 Å². The molecule has 3 aromatic carbocycles. The number of halogens is 2. The number of imidazole rings is 1. The number of carboxylic acids is 1. The summed E-state index contributed by atoms with van der Waals surface area (Å²) >= 11 is 0. The summed E-state index contributed by atoms with van der Waals surface area (Å²) in [6.45, 7) is 12.3. The van der Waals surface area contributed by atoms with Gasteiger partial charge in [0, 0.05) is 48.4 Å². The lowest BCUT2D eigenvalue weighted by Crippen LogP contribution is -2.41. The lowest BCUT2D eigenvalue weighted by molar-refractivity contribution is -0.0592. The third-order valence-corrected chi connectivity index (χ3v) is 13.6. The SMILES string of the molecule is Cc1cc(-n2nc3c(c2-n2ccn(-c4ccc(C(=O)O)c(F)c4)c2=O)[C@H](C)N(C(=O)c2cc4cc([C@H]5CCOC(C)(C)C5)ccc4n2[C@@]2(c4noc(=O)[nH]4)C[C@@H]2C)CC3)cc(C)c1F. The number of benzene rings is 3. The maximum Gasteiger partial charge on any atom is 0.438 e. The van der Waals surface area contributed by atoms with Gasteiger partial charge >= 0.3 is 17.4 Å². The minimum Gasteiger partial charge on any atom is -0.478 e. The van der Waals surface area contributed by atoms with Gasteiger partial charge in [0.1, 0.15) is 28.7 Å². The third-order valence-electron chi connectivity index (χ3n) is 13.6. The average Bonchev–Trinajstić information content (AvgIpc) is 3.74. The predicted molar refractivity (Wildman–Crippen MR) is 230 cm³/mol. The molecule has 0 bridgehead atoms. The molecule has 7 aromatic rings. The molecule has 2 aliphatic heterocycles. The number of carbonyl (C=O) groups is 2. The van der Waals surface area contributed by atoms with Crippen LogP contribution in [0.25, 0.3) is 28.1 Å². The number of nitrogens with zero attached hydrogens (tertiary/aromatic N) is 7. The Morgan fingerprint density at radius 3 is 2.33 bits per heavy atom. The van der Waals surface area contributed by atoms with E-state index in [0.29, 0.717) is 64.9 Å². The van der Waals surface area contributed by atoms with E-state index in [-0.39, 0.29) is 41.4 Å². The van der Waals surface area contributed by atoms with Crippen molar-refractivity contribution in [3.8, 4) is 17.2 Å². The molecule has 4 aromatic heterocycles. The molecular weight excluding hydrogens is 827 g/mol. The quantitative estimate of drug-likeness (QED) is 0.159. The van der Waals surface area contributed by atoms with Crippen molar-refractivity contribution in [2.24, 2.45) is 5.92 Å². The van der Waals surface area contributed by atoms with Gasteiger partial charge in [0.25, 0.3) is 5.91 Å². The normalized spacial score (nSPS) is 21.6. The van der Waals surface area contributed by atoms with E-state index in [2.05, 4.69) is 36.1 Å². The zero-order valence-electron chi connectivity index (χ0n) is 36.1. The standard InChI is InChI=1S/C47H46F2N8O7/c1-24-17-32(18-25(2)39(24)49)57-40(55-15-14-54(45(55)62)31-8-9-33(42(59)60)34(48)21-31)38-27(4)53(13-11-35(38)51-57)41(58)37-20-30-19-28(29-12-16-63-46(5,6)23-29)7-10-36(30)56(37)47(22-26(47)3)43-50-44(61)64-52-43/h7-10,14-15,17-21,26-27,29H,11-13,16,22-23H2,1-6H3,(H,59,60)(H,50,52,61)/t26-,27-,29-,47-/m0/s1. The summed E-state index contributed by atoms with van der Waals surface area (Å²) < 4.78 is 47.2. The van der Waals surface area contributed by atoms with Gasteiger partial charge in [-0.25, -0.2) is 27.8 Å². The van der Waals surface area contributed by atoms with Crippen molar-refractivity contribution >= 4 is 22.8 Å². The molecule has 6 heterocycles. The molecule has 2 fully saturated rings. The topological polar surface area (TPSA) is 175 Å². The van der Waals surface area contributed by atoms with Gasteiger partial charge < -0.3 is 19.3 Å². The van der Waals surface area contributed by atoms with Crippen LogP contribution in [0.1, 0.15) is 114 Å². The predicted octanol–water partition coefficient (Wildman–Crippen LogP) is 7.25. The maximum absolute atomic E-state index is 15.5. The second-order valence-electron chi connectivity index (χ2n) is 18.2. The number of H-pyrrole nitrogens is 1. The number of carbonyl (C=O) groups excluding carboxylic acids is 1. The van der Waals surface area contributed by atoms with E-state index in [1.54, 1.807) is 35.6 Å². The van der Waals surface area contributed by atoms with Crippen molar-refractivity contribution < 1.29 is 32.7 Å². The number of hydrogen-bond donors (Lipinski definition) is 2. The minimum atomic E-state index is -1.44. The van der Waals surface area contributed by atoms with Crippen LogP contribution in [0.5, 0.6) is 0 Å². The summed E-state index contributed by atoms with van der Waals surface area (Å²) in [6, 6.07) is 14.2. The van der Waals surface area contributed by atoms with E-state index in [1.165, 1.54) is 27.6 Å². The van der Waals surface area contributed by atoms with E-state index in [1.807, 2.05) is 30.5 Å². The highest BCUT2D eigenvalue weighted by molar-refractivity contribution is 6.00. The van der Waals surface area contributed by atoms with Gasteiger partial charge in [-0.15, -0.1) is 0 Å². The number of fused-ring (bicyclic) bond motifs is 2. The molecule has 1 amide bonds. The number of nitrogens with one attached hydrogen (secondary N) is 1. The number of aromatic carboxylic acids is 1. The largest absolute Gasteiger partial charge is 0.478 e. The van der Waals surface area contributed by atoms with Gasteiger partial charge in [-0.05, 0) is 131 Å². The molecule has 10 rings (SSSR count).